The van der Waals surface area contributed by atoms with Gasteiger partial charge in [-0.2, -0.15) is 0 Å². The lowest BCUT2D eigenvalue weighted by Gasteiger charge is -2.30. The molecule has 0 aliphatic rings. The number of hydrogen-bond acceptors (Lipinski definition) is 5. The first-order valence-corrected chi connectivity index (χ1v) is 14.1. The highest BCUT2D eigenvalue weighted by Gasteiger charge is 2.27. The van der Waals surface area contributed by atoms with E-state index in [0.29, 0.717) is 24.4 Å². The highest BCUT2D eigenvalue weighted by atomic mass is 32.2. The van der Waals surface area contributed by atoms with Crippen LogP contribution in [0, 0.1) is 6.92 Å². The Kier molecular flexibility index (Phi) is 10.8. The third kappa shape index (κ3) is 8.55. The lowest BCUT2D eigenvalue weighted by molar-refractivity contribution is -0.140. The second kappa shape index (κ2) is 13.3. The molecular weight excluding hydrogens is 478 g/mol. The molecule has 198 valence electrons. The maximum Gasteiger partial charge on any atom is 0.242 e. The summed E-state index contributed by atoms with van der Waals surface area (Å²) >= 11 is 0. The van der Waals surface area contributed by atoms with E-state index in [9.17, 15) is 18.0 Å². The summed E-state index contributed by atoms with van der Waals surface area (Å²) in [7, 11) is -2.01. The first-order valence-electron chi connectivity index (χ1n) is 12.2. The zero-order valence-electron chi connectivity index (χ0n) is 22.2. The predicted molar refractivity (Wildman–Crippen MR) is 144 cm³/mol. The number of ether oxygens (including phenoxy) is 1. The summed E-state index contributed by atoms with van der Waals surface area (Å²) in [5, 5.41) is 2.95. The fourth-order valence-corrected chi connectivity index (χ4v) is 4.66. The average Bonchev–Trinajstić information content (AvgIpc) is 2.85. The number of amides is 2. The number of carbonyl (C=O) groups is 2. The molecule has 0 aromatic heterocycles. The van der Waals surface area contributed by atoms with Crippen LogP contribution in [-0.2, 0) is 26.2 Å². The monoisotopic (exact) mass is 517 g/mol. The number of rotatable bonds is 13. The molecule has 0 fully saturated rings. The summed E-state index contributed by atoms with van der Waals surface area (Å²) < 4.78 is 31.3. The molecule has 9 heteroatoms. The summed E-state index contributed by atoms with van der Waals surface area (Å²) in [5.41, 5.74) is 2.54. The van der Waals surface area contributed by atoms with E-state index in [4.69, 9.17) is 4.74 Å². The number of carbonyl (C=O) groups excluding carboxylic acids is 2. The molecule has 0 unspecified atom stereocenters. The average molecular weight is 518 g/mol. The lowest BCUT2D eigenvalue weighted by Crippen LogP contribution is -2.49. The van der Waals surface area contributed by atoms with Crippen molar-refractivity contribution in [3.63, 3.8) is 0 Å². The lowest BCUT2D eigenvalue weighted by atomic mass is 10.1. The van der Waals surface area contributed by atoms with Gasteiger partial charge < -0.3 is 15.0 Å². The van der Waals surface area contributed by atoms with Gasteiger partial charge in [0.05, 0.1) is 19.1 Å². The van der Waals surface area contributed by atoms with Crippen LogP contribution in [-0.4, -0.2) is 57.1 Å². The smallest absolute Gasteiger partial charge is 0.242 e. The minimum Gasteiger partial charge on any atom is -0.497 e. The van der Waals surface area contributed by atoms with Gasteiger partial charge in [0.25, 0.3) is 0 Å². The fourth-order valence-electron chi connectivity index (χ4n) is 3.69. The summed E-state index contributed by atoms with van der Waals surface area (Å²) in [6.07, 6.45) is 2.35. The van der Waals surface area contributed by atoms with Crippen LogP contribution in [0.4, 0.5) is 5.69 Å². The molecule has 0 bridgehead atoms. The molecule has 0 aliphatic carbocycles. The van der Waals surface area contributed by atoms with Crippen molar-refractivity contribution < 1.29 is 22.7 Å². The number of hydrogen-bond donors (Lipinski definition) is 1. The van der Waals surface area contributed by atoms with Crippen molar-refractivity contribution in [1.29, 1.82) is 0 Å². The van der Waals surface area contributed by atoms with Crippen molar-refractivity contribution in [2.45, 2.75) is 65.6 Å². The van der Waals surface area contributed by atoms with Crippen LogP contribution in [0.5, 0.6) is 5.75 Å². The van der Waals surface area contributed by atoms with E-state index < -0.39 is 16.1 Å². The van der Waals surface area contributed by atoms with Crippen molar-refractivity contribution >= 4 is 27.5 Å². The third-order valence-electron chi connectivity index (χ3n) is 6.15. The Bertz CT molecular complexity index is 1100. The van der Waals surface area contributed by atoms with E-state index in [0.717, 1.165) is 23.8 Å². The van der Waals surface area contributed by atoms with Crippen LogP contribution >= 0.6 is 0 Å². The number of sulfonamides is 1. The maximum absolute atomic E-state index is 13.3. The zero-order valence-corrected chi connectivity index (χ0v) is 23.0. The van der Waals surface area contributed by atoms with Crippen molar-refractivity contribution in [3.05, 3.63) is 59.7 Å². The SMILES string of the molecule is CC[C@@H](C)NC(=O)[C@@H](C)N(Cc1ccc(C)cc1)C(=O)CCCN(c1ccc(OC)cc1)S(C)(=O)=O. The molecule has 0 saturated carbocycles. The van der Waals surface area contributed by atoms with Gasteiger partial charge in [-0.15, -0.1) is 0 Å². The van der Waals surface area contributed by atoms with E-state index in [1.54, 1.807) is 43.2 Å². The minimum atomic E-state index is -3.55. The Morgan fingerprint density at radius 3 is 2.17 bits per heavy atom. The van der Waals surface area contributed by atoms with Gasteiger partial charge >= 0.3 is 0 Å². The van der Waals surface area contributed by atoms with Gasteiger partial charge in [0.15, 0.2) is 0 Å². The molecule has 0 spiro atoms. The fraction of sp³-hybridized carbons (Fsp3) is 0.481. The molecule has 0 radical (unpaired) electrons. The van der Waals surface area contributed by atoms with Gasteiger partial charge in [-0.05, 0) is 63.4 Å². The number of benzene rings is 2. The molecule has 0 aliphatic heterocycles. The van der Waals surface area contributed by atoms with Crippen LogP contribution in [0.2, 0.25) is 0 Å². The molecule has 1 N–H and O–H groups in total. The van der Waals surface area contributed by atoms with Crippen LogP contribution in [0.15, 0.2) is 48.5 Å². The maximum atomic E-state index is 13.3. The molecular formula is C27H39N3O5S. The minimum absolute atomic E-state index is 0.00379. The van der Waals surface area contributed by atoms with Crippen LogP contribution in [0.1, 0.15) is 51.2 Å². The number of methoxy groups -OCH3 is 1. The van der Waals surface area contributed by atoms with Gasteiger partial charge in [-0.3, -0.25) is 13.9 Å². The Hall–Kier alpha value is -3.07. The van der Waals surface area contributed by atoms with Crippen LogP contribution in [0.25, 0.3) is 0 Å². The van der Waals surface area contributed by atoms with Gasteiger partial charge in [-0.1, -0.05) is 36.8 Å². The van der Waals surface area contributed by atoms with E-state index in [-0.39, 0.29) is 30.8 Å². The molecule has 8 nitrogen and oxygen atoms in total. The first kappa shape index (κ1) is 29.2. The molecule has 2 rings (SSSR count). The molecule has 0 heterocycles. The van der Waals surface area contributed by atoms with E-state index >= 15 is 0 Å². The molecule has 0 saturated heterocycles. The summed E-state index contributed by atoms with van der Waals surface area (Å²) in [6.45, 7) is 8.07. The van der Waals surface area contributed by atoms with E-state index in [1.165, 1.54) is 4.31 Å². The molecule has 2 aromatic carbocycles. The molecule has 36 heavy (non-hydrogen) atoms. The van der Waals surface area contributed by atoms with Gasteiger partial charge in [0.2, 0.25) is 21.8 Å². The summed E-state index contributed by atoms with van der Waals surface area (Å²) in [4.78, 5) is 27.7. The second-order valence-electron chi connectivity index (χ2n) is 9.14. The second-order valence-corrected chi connectivity index (χ2v) is 11.0. The Labute approximate surface area is 215 Å². The third-order valence-corrected chi connectivity index (χ3v) is 7.35. The topological polar surface area (TPSA) is 96.0 Å². The van der Waals surface area contributed by atoms with Crippen LogP contribution in [0.3, 0.4) is 0 Å². The van der Waals surface area contributed by atoms with Crippen molar-refractivity contribution in [1.82, 2.24) is 10.2 Å². The van der Waals surface area contributed by atoms with Crippen molar-refractivity contribution in [3.8, 4) is 5.75 Å². The number of nitrogens with one attached hydrogen (secondary N) is 1. The Morgan fingerprint density at radius 2 is 1.64 bits per heavy atom. The van der Waals surface area contributed by atoms with Crippen molar-refractivity contribution in [2.75, 3.05) is 24.2 Å². The number of nitrogens with zero attached hydrogens (tertiary/aromatic N) is 2. The number of anilines is 1. The molecule has 2 atom stereocenters. The summed E-state index contributed by atoms with van der Waals surface area (Å²) in [5.74, 6) is 0.213. The molecule has 2 amide bonds. The van der Waals surface area contributed by atoms with Gasteiger partial charge in [-0.25, -0.2) is 8.42 Å². The molecule has 2 aromatic rings. The van der Waals surface area contributed by atoms with Crippen molar-refractivity contribution in [2.24, 2.45) is 0 Å². The normalized spacial score (nSPS) is 12.9. The number of aryl methyl sites for hydroxylation is 1. The standard InChI is InChI=1S/C27H39N3O5S/c1-7-21(3)28-27(32)22(4)29(19-23-12-10-20(2)11-13-23)26(31)9-8-18-30(36(6,33)34)24-14-16-25(35-5)17-15-24/h10-17,21-22H,7-9,18-19H2,1-6H3,(H,28,32)/t21-,22-/m1/s1. The predicted octanol–water partition coefficient (Wildman–Crippen LogP) is 3.88. The van der Waals surface area contributed by atoms with E-state index in [2.05, 4.69) is 5.32 Å². The largest absolute Gasteiger partial charge is 0.497 e. The summed E-state index contributed by atoms with van der Waals surface area (Å²) in [6, 6.07) is 13.9. The zero-order chi connectivity index (χ0) is 26.9. The van der Waals surface area contributed by atoms with Gasteiger partial charge in [0, 0.05) is 25.6 Å². The first-order chi connectivity index (χ1) is 17.0. The Morgan fingerprint density at radius 1 is 1.03 bits per heavy atom. The Balaban J connectivity index is 2.16. The van der Waals surface area contributed by atoms with Gasteiger partial charge in [0.1, 0.15) is 11.8 Å². The highest BCUT2D eigenvalue weighted by Crippen LogP contribution is 2.22. The van der Waals surface area contributed by atoms with E-state index in [1.807, 2.05) is 45.0 Å². The highest BCUT2D eigenvalue weighted by molar-refractivity contribution is 7.92. The quantitative estimate of drug-likeness (QED) is 0.435. The van der Waals surface area contributed by atoms with Crippen LogP contribution < -0.4 is 14.4 Å².